The van der Waals surface area contributed by atoms with Gasteiger partial charge in [0.05, 0.1) is 6.61 Å². The summed E-state index contributed by atoms with van der Waals surface area (Å²) in [6, 6.07) is 9.87. The molecule has 20 heavy (non-hydrogen) atoms. The molecule has 0 spiro atoms. The number of hydrogen-bond acceptors (Lipinski definition) is 3. The van der Waals surface area contributed by atoms with Gasteiger partial charge in [-0.05, 0) is 32.3 Å². The highest BCUT2D eigenvalue weighted by Gasteiger charge is 2.19. The predicted octanol–water partition coefficient (Wildman–Crippen LogP) is 3.19. The van der Waals surface area contributed by atoms with Crippen molar-refractivity contribution in [2.24, 2.45) is 0 Å². The Morgan fingerprint density at radius 3 is 2.75 bits per heavy atom. The molecule has 1 aliphatic rings. The second kappa shape index (κ2) is 7.65. The molecule has 2 rings (SSSR count). The monoisotopic (exact) mass is 276 g/mol. The van der Waals surface area contributed by atoms with E-state index >= 15 is 0 Å². The zero-order valence-corrected chi connectivity index (χ0v) is 13.1. The van der Waals surface area contributed by atoms with Crippen LogP contribution < -0.4 is 10.2 Å². The van der Waals surface area contributed by atoms with Crippen molar-refractivity contribution in [3.05, 3.63) is 29.8 Å². The summed E-state index contributed by atoms with van der Waals surface area (Å²) in [6.45, 7) is 7.50. The molecule has 112 valence electrons. The van der Waals surface area contributed by atoms with Crippen LogP contribution in [0.3, 0.4) is 0 Å². The first kappa shape index (κ1) is 15.3. The van der Waals surface area contributed by atoms with Crippen molar-refractivity contribution in [3.8, 4) is 0 Å². The molecule has 2 atom stereocenters. The fourth-order valence-electron chi connectivity index (χ4n) is 3.00. The smallest absolute Gasteiger partial charge is 0.0733 e. The molecule has 0 aromatic heterocycles. The fourth-order valence-corrected chi connectivity index (χ4v) is 3.00. The molecule has 1 heterocycles. The van der Waals surface area contributed by atoms with Crippen LogP contribution in [0.4, 0.5) is 5.69 Å². The summed E-state index contributed by atoms with van der Waals surface area (Å²) in [5.41, 5.74) is 2.64. The molecule has 2 unspecified atom stereocenters. The highest BCUT2D eigenvalue weighted by Crippen LogP contribution is 2.23. The average molecular weight is 276 g/mol. The topological polar surface area (TPSA) is 24.5 Å². The largest absolute Gasteiger partial charge is 0.380 e. The molecule has 3 nitrogen and oxygen atoms in total. The molecule has 1 aromatic rings. The minimum atomic E-state index is 0.595. The van der Waals surface area contributed by atoms with E-state index in [1.807, 2.05) is 0 Å². The summed E-state index contributed by atoms with van der Waals surface area (Å²) in [7, 11) is 1.77. The van der Waals surface area contributed by atoms with E-state index in [4.69, 9.17) is 4.74 Å². The molecule has 0 bridgehead atoms. The van der Waals surface area contributed by atoms with Gasteiger partial charge in [0.2, 0.25) is 0 Å². The van der Waals surface area contributed by atoms with Crippen LogP contribution in [0.15, 0.2) is 24.3 Å². The standard InChI is InChI=1S/C17H28N2O/c1-4-16-10-12-19(11-9-14(2)18-16)17-8-6-5-7-15(17)13-20-3/h5-8,14,16,18H,4,9-13H2,1-3H3. The SMILES string of the molecule is CCC1CCN(c2ccccc2COC)CCC(C)N1. The van der Waals surface area contributed by atoms with Crippen molar-refractivity contribution in [1.82, 2.24) is 5.32 Å². The molecular formula is C17H28N2O. The number of nitrogens with one attached hydrogen (secondary N) is 1. The Balaban J connectivity index is 2.14. The molecule has 1 fully saturated rings. The Morgan fingerprint density at radius 1 is 1.25 bits per heavy atom. The van der Waals surface area contributed by atoms with Crippen molar-refractivity contribution < 1.29 is 4.74 Å². The lowest BCUT2D eigenvalue weighted by molar-refractivity contribution is 0.185. The molecule has 1 aliphatic heterocycles. The maximum Gasteiger partial charge on any atom is 0.0733 e. The first-order valence-corrected chi connectivity index (χ1v) is 7.82. The molecule has 3 heteroatoms. The number of anilines is 1. The molecule has 0 radical (unpaired) electrons. The molecule has 0 amide bonds. The van der Waals surface area contributed by atoms with Gasteiger partial charge in [-0.25, -0.2) is 0 Å². The van der Waals surface area contributed by atoms with Gasteiger partial charge in [0.1, 0.15) is 0 Å². The fraction of sp³-hybridized carbons (Fsp3) is 0.647. The van der Waals surface area contributed by atoms with E-state index in [2.05, 4.69) is 48.3 Å². The zero-order chi connectivity index (χ0) is 14.4. The Hall–Kier alpha value is -1.06. The molecule has 1 N–H and O–H groups in total. The van der Waals surface area contributed by atoms with Gasteiger partial charge in [-0.3, -0.25) is 0 Å². The van der Waals surface area contributed by atoms with Crippen LogP contribution in [0.5, 0.6) is 0 Å². The van der Waals surface area contributed by atoms with E-state index in [0.29, 0.717) is 18.7 Å². The van der Waals surface area contributed by atoms with Gasteiger partial charge < -0.3 is 15.0 Å². The maximum absolute atomic E-state index is 5.34. The van der Waals surface area contributed by atoms with Crippen molar-refractivity contribution in [3.63, 3.8) is 0 Å². The number of para-hydroxylation sites is 1. The van der Waals surface area contributed by atoms with Crippen molar-refractivity contribution in [2.75, 3.05) is 25.1 Å². The molecular weight excluding hydrogens is 248 g/mol. The Labute approximate surface area is 123 Å². The third-order valence-electron chi connectivity index (χ3n) is 4.22. The third-order valence-corrected chi connectivity index (χ3v) is 4.22. The second-order valence-electron chi connectivity index (χ2n) is 5.80. The van der Waals surface area contributed by atoms with E-state index in [0.717, 1.165) is 13.1 Å². The minimum absolute atomic E-state index is 0.595. The summed E-state index contributed by atoms with van der Waals surface area (Å²) >= 11 is 0. The summed E-state index contributed by atoms with van der Waals surface area (Å²) in [5, 5.41) is 3.73. The number of benzene rings is 1. The quantitative estimate of drug-likeness (QED) is 0.914. The van der Waals surface area contributed by atoms with Gasteiger partial charge in [-0.15, -0.1) is 0 Å². The second-order valence-corrected chi connectivity index (χ2v) is 5.80. The van der Waals surface area contributed by atoms with Gasteiger partial charge in [0.15, 0.2) is 0 Å². The van der Waals surface area contributed by atoms with Crippen molar-refractivity contribution in [2.45, 2.75) is 51.8 Å². The number of rotatable bonds is 4. The molecule has 1 saturated heterocycles. The van der Waals surface area contributed by atoms with Crippen LogP contribution >= 0.6 is 0 Å². The lowest BCUT2D eigenvalue weighted by Crippen LogP contribution is -2.44. The first-order valence-electron chi connectivity index (χ1n) is 7.82. The zero-order valence-electron chi connectivity index (χ0n) is 13.1. The maximum atomic E-state index is 5.34. The molecule has 0 aliphatic carbocycles. The molecule has 0 saturated carbocycles. The highest BCUT2D eigenvalue weighted by atomic mass is 16.5. The van der Waals surface area contributed by atoms with Crippen LogP contribution in [0.2, 0.25) is 0 Å². The lowest BCUT2D eigenvalue weighted by atomic mass is 10.0. The number of nitrogens with zero attached hydrogens (tertiary/aromatic N) is 1. The number of hydrogen-bond donors (Lipinski definition) is 1. The minimum Gasteiger partial charge on any atom is -0.380 e. The molecule has 1 aromatic carbocycles. The van der Waals surface area contributed by atoms with Crippen LogP contribution in [-0.4, -0.2) is 32.3 Å². The van der Waals surface area contributed by atoms with Gasteiger partial charge in [0.25, 0.3) is 0 Å². The first-order chi connectivity index (χ1) is 9.74. The number of ether oxygens (including phenoxy) is 1. The van der Waals surface area contributed by atoms with Gasteiger partial charge >= 0.3 is 0 Å². The number of methoxy groups -OCH3 is 1. The Morgan fingerprint density at radius 2 is 2.00 bits per heavy atom. The summed E-state index contributed by atoms with van der Waals surface area (Å²) in [5.74, 6) is 0. The summed E-state index contributed by atoms with van der Waals surface area (Å²) < 4.78 is 5.34. The predicted molar refractivity (Wildman–Crippen MR) is 85.3 cm³/mol. The normalized spacial score (nSPS) is 24.2. The summed E-state index contributed by atoms with van der Waals surface area (Å²) in [6.07, 6.45) is 3.61. The van der Waals surface area contributed by atoms with Crippen molar-refractivity contribution in [1.29, 1.82) is 0 Å². The lowest BCUT2D eigenvalue weighted by Gasteiger charge is -2.34. The van der Waals surface area contributed by atoms with Gasteiger partial charge in [0, 0.05) is 43.5 Å². The van der Waals surface area contributed by atoms with Gasteiger partial charge in [-0.1, -0.05) is 25.1 Å². The highest BCUT2D eigenvalue weighted by molar-refractivity contribution is 5.53. The van der Waals surface area contributed by atoms with Crippen LogP contribution in [0.1, 0.15) is 38.7 Å². The average Bonchev–Trinajstić information content (AvgIpc) is 2.45. The van der Waals surface area contributed by atoms with E-state index in [1.165, 1.54) is 30.5 Å². The van der Waals surface area contributed by atoms with Gasteiger partial charge in [-0.2, -0.15) is 0 Å². The summed E-state index contributed by atoms with van der Waals surface area (Å²) in [4.78, 5) is 2.54. The Bertz CT molecular complexity index is 408. The third kappa shape index (κ3) is 3.97. The Kier molecular flexibility index (Phi) is 5.86. The van der Waals surface area contributed by atoms with E-state index in [1.54, 1.807) is 7.11 Å². The van der Waals surface area contributed by atoms with Crippen LogP contribution in [0.25, 0.3) is 0 Å². The van der Waals surface area contributed by atoms with Crippen LogP contribution in [0, 0.1) is 0 Å². The van der Waals surface area contributed by atoms with Crippen molar-refractivity contribution >= 4 is 5.69 Å². The van der Waals surface area contributed by atoms with E-state index < -0.39 is 0 Å². The van der Waals surface area contributed by atoms with Crippen LogP contribution in [-0.2, 0) is 11.3 Å². The van der Waals surface area contributed by atoms with E-state index in [-0.39, 0.29) is 0 Å². The van der Waals surface area contributed by atoms with E-state index in [9.17, 15) is 0 Å².